The number of rotatable bonds is 12. The summed E-state index contributed by atoms with van der Waals surface area (Å²) in [7, 11) is 3.74. The Hall–Kier alpha value is -2.06. The summed E-state index contributed by atoms with van der Waals surface area (Å²) in [6, 6.07) is 0.481. The minimum absolute atomic E-state index is 0.106. The van der Waals surface area contributed by atoms with Crippen LogP contribution in [-0.2, 0) is 9.53 Å². The maximum absolute atomic E-state index is 11.8. The van der Waals surface area contributed by atoms with Gasteiger partial charge >= 0.3 is 0 Å². The highest BCUT2D eigenvalue weighted by Gasteiger charge is 2.21. The number of carbonyl (C=O) groups is 1. The van der Waals surface area contributed by atoms with Gasteiger partial charge in [0.2, 0.25) is 11.9 Å². The number of likely N-dealkylation sites (N-methyl/N-ethyl adjacent to an activating group) is 2. The average molecular weight is 463 g/mol. The molecule has 0 radical (unpaired) electrons. The second-order valence-electron chi connectivity index (χ2n) is 8.74. The molecule has 1 saturated heterocycles. The van der Waals surface area contributed by atoms with E-state index in [-0.39, 0.29) is 11.8 Å². The van der Waals surface area contributed by atoms with Crippen LogP contribution in [0.5, 0.6) is 0 Å². The highest BCUT2D eigenvalue weighted by atomic mass is 16.5. The summed E-state index contributed by atoms with van der Waals surface area (Å²) in [6.07, 6.45) is 7.38. The molecule has 1 heterocycles. The van der Waals surface area contributed by atoms with E-state index in [4.69, 9.17) is 9.73 Å². The Morgan fingerprint density at radius 3 is 2.76 bits per heavy atom. The van der Waals surface area contributed by atoms with Crippen LogP contribution < -0.4 is 5.32 Å². The summed E-state index contributed by atoms with van der Waals surface area (Å²) in [6.45, 7) is 15.3. The summed E-state index contributed by atoms with van der Waals surface area (Å²) in [4.78, 5) is 30.4. The zero-order chi connectivity index (χ0) is 24.6. The Labute approximate surface area is 201 Å². The van der Waals surface area contributed by atoms with Crippen LogP contribution in [0.25, 0.3) is 0 Å². The van der Waals surface area contributed by atoms with Gasteiger partial charge in [-0.3, -0.25) is 19.7 Å². The van der Waals surface area contributed by atoms with E-state index in [2.05, 4.69) is 59.0 Å². The van der Waals surface area contributed by atoms with Gasteiger partial charge in [-0.15, -0.1) is 0 Å². The second kappa shape index (κ2) is 16.5. The molecular weight excluding hydrogens is 416 g/mol. The van der Waals surface area contributed by atoms with Crippen LogP contribution >= 0.6 is 0 Å². The number of aliphatic imine (C=N–C) groups is 3. The van der Waals surface area contributed by atoms with E-state index in [0.29, 0.717) is 32.2 Å². The third-order valence-corrected chi connectivity index (χ3v) is 5.91. The summed E-state index contributed by atoms with van der Waals surface area (Å²) >= 11 is 0. The quantitative estimate of drug-likeness (QED) is 0.356. The second-order valence-corrected chi connectivity index (χ2v) is 8.74. The number of hydrogen-bond acceptors (Lipinski definition) is 5. The third-order valence-electron chi connectivity index (χ3n) is 5.91. The molecule has 1 rings (SSSR count). The fraction of sp³-hybridized carbons (Fsp3) is 0.760. The van der Waals surface area contributed by atoms with Crippen molar-refractivity contribution < 1.29 is 9.53 Å². The summed E-state index contributed by atoms with van der Waals surface area (Å²) in [5, 5.41) is 2.94. The topological polar surface area (TPSA) is 81.9 Å². The zero-order valence-electron chi connectivity index (χ0n) is 21.9. The normalized spacial score (nSPS) is 20.4. The highest BCUT2D eigenvalue weighted by molar-refractivity contribution is 6.00. The van der Waals surface area contributed by atoms with Crippen molar-refractivity contribution in [1.29, 1.82) is 0 Å². The smallest absolute Gasteiger partial charge is 0.220 e. The van der Waals surface area contributed by atoms with Crippen LogP contribution in [0, 0.1) is 5.92 Å². The monoisotopic (exact) mass is 462 g/mol. The molecule has 8 heteroatoms. The summed E-state index contributed by atoms with van der Waals surface area (Å²) in [5.41, 5.74) is 2.04. The lowest BCUT2D eigenvalue weighted by atomic mass is 10.0. The van der Waals surface area contributed by atoms with Crippen LogP contribution in [0.1, 0.15) is 60.3 Å². The molecule has 0 aliphatic carbocycles. The predicted molar refractivity (Wildman–Crippen MR) is 140 cm³/mol. The minimum atomic E-state index is 0.106. The van der Waals surface area contributed by atoms with E-state index in [1.165, 1.54) is 0 Å². The maximum atomic E-state index is 11.8. The van der Waals surface area contributed by atoms with Crippen molar-refractivity contribution in [2.24, 2.45) is 20.9 Å². The highest BCUT2D eigenvalue weighted by Crippen LogP contribution is 2.13. The van der Waals surface area contributed by atoms with Gasteiger partial charge in [0.25, 0.3) is 0 Å². The number of hydrogen-bond donors (Lipinski definition) is 1. The fourth-order valence-electron chi connectivity index (χ4n) is 3.81. The molecule has 2 unspecified atom stereocenters. The number of nitrogens with one attached hydrogen (secondary N) is 1. The number of methoxy groups -OCH3 is 1. The van der Waals surface area contributed by atoms with Gasteiger partial charge in [-0.25, -0.2) is 4.99 Å². The van der Waals surface area contributed by atoms with Crippen LogP contribution in [0.4, 0.5) is 0 Å². The first-order valence-electron chi connectivity index (χ1n) is 12.3. The molecule has 1 aliphatic rings. The molecule has 0 spiro atoms. The van der Waals surface area contributed by atoms with E-state index in [9.17, 15) is 4.79 Å². The van der Waals surface area contributed by atoms with Crippen molar-refractivity contribution >= 4 is 23.3 Å². The molecule has 2 atom stereocenters. The van der Waals surface area contributed by atoms with E-state index in [0.717, 1.165) is 56.3 Å². The van der Waals surface area contributed by atoms with Crippen molar-refractivity contribution in [2.75, 3.05) is 53.5 Å². The van der Waals surface area contributed by atoms with Crippen LogP contribution in [0.15, 0.2) is 27.3 Å². The Morgan fingerprint density at radius 1 is 1.33 bits per heavy atom. The van der Waals surface area contributed by atoms with E-state index in [1.807, 2.05) is 20.0 Å². The molecule has 0 aromatic carbocycles. The largest absolute Gasteiger partial charge is 0.379 e. The van der Waals surface area contributed by atoms with Crippen molar-refractivity contribution in [3.8, 4) is 0 Å². The number of ether oxygens (including phenoxy) is 1. The van der Waals surface area contributed by atoms with Crippen molar-refractivity contribution in [2.45, 2.75) is 66.3 Å². The first-order valence-corrected chi connectivity index (χ1v) is 12.3. The first-order chi connectivity index (χ1) is 15.8. The maximum Gasteiger partial charge on any atom is 0.220 e. The van der Waals surface area contributed by atoms with Gasteiger partial charge in [-0.2, -0.15) is 0 Å². The van der Waals surface area contributed by atoms with Crippen LogP contribution in [0.2, 0.25) is 0 Å². The van der Waals surface area contributed by atoms with Gasteiger partial charge in [0.1, 0.15) is 0 Å². The molecule has 0 aromatic rings. The molecule has 1 amide bonds. The Morgan fingerprint density at radius 2 is 2.09 bits per heavy atom. The van der Waals surface area contributed by atoms with Gasteiger partial charge in [-0.1, -0.05) is 19.9 Å². The Bertz CT molecular complexity index is 701. The van der Waals surface area contributed by atoms with Gasteiger partial charge in [0, 0.05) is 82.8 Å². The van der Waals surface area contributed by atoms with Gasteiger partial charge in [-0.05, 0) is 40.2 Å². The molecule has 8 nitrogen and oxygen atoms in total. The lowest BCUT2D eigenvalue weighted by molar-refractivity contribution is -0.121. The number of nitrogens with zero attached hydrogens (tertiary/aromatic N) is 5. The molecule has 0 saturated carbocycles. The fourth-order valence-corrected chi connectivity index (χ4v) is 3.81. The first kappa shape index (κ1) is 29.0. The van der Waals surface area contributed by atoms with Crippen LogP contribution in [0.3, 0.4) is 0 Å². The van der Waals surface area contributed by atoms with Crippen LogP contribution in [-0.4, -0.2) is 92.6 Å². The van der Waals surface area contributed by atoms with E-state index in [1.54, 1.807) is 7.11 Å². The molecule has 0 aromatic heterocycles. The summed E-state index contributed by atoms with van der Waals surface area (Å²) < 4.78 is 5.07. The number of guanidine groups is 1. The van der Waals surface area contributed by atoms with Crippen molar-refractivity contribution in [1.82, 2.24) is 15.1 Å². The zero-order valence-corrected chi connectivity index (χ0v) is 21.9. The molecule has 1 N–H and O–H groups in total. The third kappa shape index (κ3) is 11.6. The van der Waals surface area contributed by atoms with Gasteiger partial charge in [0.05, 0.1) is 6.61 Å². The Kier molecular flexibility index (Phi) is 14.5. The molecule has 188 valence electrons. The Balaban J connectivity index is 2.63. The molecule has 0 bridgehead atoms. The molecule has 1 fully saturated rings. The minimum Gasteiger partial charge on any atom is -0.379 e. The van der Waals surface area contributed by atoms with Gasteiger partial charge < -0.3 is 15.0 Å². The molecule has 1 aliphatic heterocycles. The lowest BCUT2D eigenvalue weighted by Crippen LogP contribution is -2.40. The number of allylic oxidation sites excluding steroid dienone is 1. The van der Waals surface area contributed by atoms with E-state index >= 15 is 0 Å². The lowest BCUT2D eigenvalue weighted by Gasteiger charge is -2.30. The van der Waals surface area contributed by atoms with Crippen molar-refractivity contribution in [3.63, 3.8) is 0 Å². The van der Waals surface area contributed by atoms with Crippen molar-refractivity contribution in [3.05, 3.63) is 12.3 Å². The van der Waals surface area contributed by atoms with E-state index < -0.39 is 0 Å². The SMILES string of the molecule is CCN=C(N=C1CCNC(=O)CC1C)N(C)CCN(CC)C(C)CC/C=C\N=C(C)COC. The molecule has 33 heavy (non-hydrogen) atoms. The standard InChI is InChI=1S/C25H46N6O2/c1-8-26-25(29-23-13-15-28-24(32)18-20(23)3)30(6)16-17-31(9-2)22(5)12-10-11-14-27-21(4)19-33-7/h11,14,20,22H,8-10,12-13,15-19H2,1-7H3,(H,28,32)/b14-11-,26-25?,27-21?,29-23?. The summed E-state index contributed by atoms with van der Waals surface area (Å²) in [5.74, 6) is 1.02. The predicted octanol–water partition coefficient (Wildman–Crippen LogP) is 3.39. The van der Waals surface area contributed by atoms with Gasteiger partial charge in [0.15, 0.2) is 0 Å². The number of carbonyl (C=O) groups excluding carboxylic acids is 1. The number of amides is 1. The molecular formula is C25H46N6O2. The average Bonchev–Trinajstić information content (AvgIpc) is 2.93.